The molecule has 4 aliphatic rings. The fourth-order valence-corrected chi connectivity index (χ4v) is 11.4. The number of aliphatic hydroxyl groups is 2. The number of hydrogen-bond acceptors (Lipinski definition) is 15. The standard InChI is InChI=1S/C50H77ClN4O13/c1-15-37-50(10)42(55(47(60)68-50)52-26-35-17-16-22-54(35)34-20-18-33(51)19-21-34)29(4)39(56)27(2)24-49(9,62-14)44(67-46-40(57)36(53(11)12)23-28(3)63-46)30(5)41(31(6)45(59)65-37)66-38-25-48(8,61-13)43(58)32(7)64-38/h16-22,27-32,36-38,40-44,46,52,57-58H,15,23-26H2,1-14H3/t27-,28?,29+,30+,31-,32?,36?,37-,38?,40?,41?,42-,43?,44-,46?,48?,49-,50-/m1/s1. The first-order valence-electron chi connectivity index (χ1n) is 24.1. The van der Waals surface area contributed by atoms with Gasteiger partial charge in [-0.1, -0.05) is 39.3 Å². The van der Waals surface area contributed by atoms with Crippen LogP contribution in [-0.2, 0) is 54.0 Å². The molecule has 3 N–H and O–H groups in total. The molecule has 18 atom stereocenters. The van der Waals surface area contributed by atoms with E-state index in [1.807, 2.05) is 88.6 Å². The Bertz CT molecular complexity index is 2040. The lowest BCUT2D eigenvalue weighted by Crippen LogP contribution is -2.62. The van der Waals surface area contributed by atoms with Gasteiger partial charge < -0.3 is 57.6 Å². The molecule has 1 amide bonds. The van der Waals surface area contributed by atoms with Crippen LogP contribution in [-0.4, -0.2) is 155 Å². The van der Waals surface area contributed by atoms with Crippen LogP contribution in [0.15, 0.2) is 42.6 Å². The summed E-state index contributed by atoms with van der Waals surface area (Å²) in [5.74, 6) is -4.17. The average Bonchev–Trinajstić information content (AvgIpc) is 3.87. The van der Waals surface area contributed by atoms with Gasteiger partial charge in [0.2, 0.25) is 0 Å². The van der Waals surface area contributed by atoms with Crippen molar-refractivity contribution < 1.29 is 62.5 Å². The Hall–Kier alpha value is -3.20. The molecule has 9 unspecified atom stereocenters. The fraction of sp³-hybridized carbons (Fsp3) is 0.740. The zero-order chi connectivity index (χ0) is 50.2. The minimum Gasteiger partial charge on any atom is -0.458 e. The molecule has 0 bridgehead atoms. The van der Waals surface area contributed by atoms with Crippen molar-refractivity contribution in [3.63, 3.8) is 0 Å². The third-order valence-corrected chi connectivity index (χ3v) is 15.6. The molecule has 1 aromatic heterocycles. The topological polar surface area (TPSA) is 189 Å². The van der Waals surface area contributed by atoms with Gasteiger partial charge in [0.1, 0.15) is 30.1 Å². The number of aliphatic hydroxyl groups excluding tert-OH is 2. The van der Waals surface area contributed by atoms with Crippen molar-refractivity contribution in [3.8, 4) is 5.69 Å². The Labute approximate surface area is 407 Å². The Kier molecular flexibility index (Phi) is 17.2. The smallest absolute Gasteiger partial charge is 0.425 e. The number of carbonyl (C=O) groups excluding carboxylic acids is 3. The maximum atomic E-state index is 15.1. The van der Waals surface area contributed by atoms with Crippen molar-refractivity contribution in [1.82, 2.24) is 19.9 Å². The van der Waals surface area contributed by atoms with E-state index < -0.39 is 108 Å². The van der Waals surface area contributed by atoms with Gasteiger partial charge in [-0.25, -0.2) is 15.2 Å². The number of rotatable bonds is 12. The van der Waals surface area contributed by atoms with Gasteiger partial charge in [-0.3, -0.25) is 9.59 Å². The normalized spacial score (nSPS) is 41.0. The number of halogens is 1. The number of nitrogens with zero attached hydrogens (tertiary/aromatic N) is 3. The van der Waals surface area contributed by atoms with Crippen molar-refractivity contribution in [2.75, 3.05) is 28.3 Å². The molecular weight excluding hydrogens is 900 g/mol. The number of hydrazine groups is 1. The number of amides is 1. The van der Waals surface area contributed by atoms with Crippen LogP contribution in [0, 0.1) is 23.7 Å². The second kappa shape index (κ2) is 21.7. The van der Waals surface area contributed by atoms with E-state index in [4.69, 9.17) is 49.5 Å². The Balaban J connectivity index is 1.43. The summed E-state index contributed by atoms with van der Waals surface area (Å²) in [6, 6.07) is 9.93. The highest BCUT2D eigenvalue weighted by Crippen LogP contribution is 2.44. The fourth-order valence-electron chi connectivity index (χ4n) is 11.3. The number of carbonyl (C=O) groups is 3. The van der Waals surface area contributed by atoms with E-state index in [-0.39, 0.29) is 43.7 Å². The molecule has 1 aromatic carbocycles. The van der Waals surface area contributed by atoms with Gasteiger partial charge in [0, 0.05) is 67.0 Å². The lowest BCUT2D eigenvalue weighted by atomic mass is 9.73. The van der Waals surface area contributed by atoms with Crippen LogP contribution in [0.3, 0.4) is 0 Å². The van der Waals surface area contributed by atoms with Gasteiger partial charge in [0.25, 0.3) is 0 Å². The predicted molar refractivity (Wildman–Crippen MR) is 253 cm³/mol. The molecule has 17 nitrogen and oxygen atoms in total. The first-order valence-corrected chi connectivity index (χ1v) is 24.5. The molecule has 4 fully saturated rings. The molecule has 68 heavy (non-hydrogen) atoms. The van der Waals surface area contributed by atoms with E-state index in [2.05, 4.69) is 5.43 Å². The molecule has 5 heterocycles. The van der Waals surface area contributed by atoms with Crippen molar-refractivity contribution in [1.29, 1.82) is 0 Å². The summed E-state index contributed by atoms with van der Waals surface area (Å²) in [5, 5.41) is 24.9. The molecular formula is C50H77ClN4O13. The highest BCUT2D eigenvalue weighted by atomic mass is 35.5. The SMILES string of the molecule is CC[C@H]1OC(=O)[C@H](C)C(OC2CC(C)(OC)C(O)C(C)O2)[C@H](C)[C@@H](OC2OC(C)CC(N(C)C)C2O)[C@](C)(OC)C[C@@H](C)C(=O)[C@H](C)[C@H]2N(NCc3cccn3-c3ccc(Cl)cc3)C(=O)O[C@]12C. The summed E-state index contributed by atoms with van der Waals surface area (Å²) >= 11 is 6.19. The summed E-state index contributed by atoms with van der Waals surface area (Å²) in [7, 11) is 6.84. The number of benzene rings is 1. The molecule has 4 saturated heterocycles. The molecule has 0 aliphatic carbocycles. The maximum absolute atomic E-state index is 15.1. The number of cyclic esters (lactones) is 1. The molecule has 2 aromatic rings. The molecule has 0 radical (unpaired) electrons. The minimum atomic E-state index is -1.52. The van der Waals surface area contributed by atoms with Gasteiger partial charge in [0.05, 0.1) is 48.1 Å². The number of Topliss-reactive ketones (excluding diaryl/α,β-unsaturated/α-hetero) is 1. The number of ether oxygens (including phenoxy) is 8. The number of hydrogen-bond donors (Lipinski definition) is 3. The number of fused-ring (bicyclic) bond motifs is 1. The van der Waals surface area contributed by atoms with Crippen LogP contribution in [0.1, 0.15) is 101 Å². The summed E-state index contributed by atoms with van der Waals surface area (Å²) in [4.78, 5) is 46.3. The van der Waals surface area contributed by atoms with E-state index in [0.717, 1.165) is 11.4 Å². The Morgan fingerprint density at radius 2 is 1.56 bits per heavy atom. The van der Waals surface area contributed by atoms with Crippen LogP contribution in [0.25, 0.3) is 5.69 Å². The van der Waals surface area contributed by atoms with E-state index >= 15 is 4.79 Å². The second-order valence-electron chi connectivity index (χ2n) is 20.5. The second-order valence-corrected chi connectivity index (χ2v) is 20.9. The quantitative estimate of drug-likeness (QED) is 0.208. The minimum absolute atomic E-state index is 0.115. The van der Waals surface area contributed by atoms with Crippen LogP contribution in [0.4, 0.5) is 4.79 Å². The van der Waals surface area contributed by atoms with E-state index in [1.54, 1.807) is 53.9 Å². The van der Waals surface area contributed by atoms with Crippen molar-refractivity contribution in [3.05, 3.63) is 53.3 Å². The highest BCUT2D eigenvalue weighted by Gasteiger charge is 2.61. The molecule has 0 spiro atoms. The zero-order valence-electron chi connectivity index (χ0n) is 42.3. The van der Waals surface area contributed by atoms with Gasteiger partial charge in [-0.2, -0.15) is 0 Å². The lowest BCUT2D eigenvalue weighted by molar-refractivity contribution is -0.319. The van der Waals surface area contributed by atoms with Gasteiger partial charge in [-0.05, 0) is 111 Å². The lowest BCUT2D eigenvalue weighted by Gasteiger charge is -2.50. The van der Waals surface area contributed by atoms with E-state index in [9.17, 15) is 19.8 Å². The van der Waals surface area contributed by atoms with E-state index in [0.29, 0.717) is 11.4 Å². The van der Waals surface area contributed by atoms with Gasteiger partial charge in [-0.15, -0.1) is 0 Å². The number of aromatic nitrogens is 1. The van der Waals surface area contributed by atoms with Crippen LogP contribution < -0.4 is 5.43 Å². The number of ketones is 1. The van der Waals surface area contributed by atoms with Crippen LogP contribution >= 0.6 is 11.6 Å². The molecule has 6 rings (SSSR count). The predicted octanol–water partition coefficient (Wildman–Crippen LogP) is 6.06. The molecule has 18 heteroatoms. The summed E-state index contributed by atoms with van der Waals surface area (Å²) in [6.07, 6.45) is -6.00. The van der Waals surface area contributed by atoms with Gasteiger partial charge in [0.15, 0.2) is 18.2 Å². The molecule has 4 aliphatic heterocycles. The van der Waals surface area contributed by atoms with E-state index in [1.165, 1.54) is 12.1 Å². The maximum Gasteiger partial charge on any atom is 0.425 e. The highest BCUT2D eigenvalue weighted by molar-refractivity contribution is 6.30. The van der Waals surface area contributed by atoms with Crippen molar-refractivity contribution in [2.45, 2.75) is 186 Å². The average molecular weight is 978 g/mol. The van der Waals surface area contributed by atoms with Crippen LogP contribution in [0.5, 0.6) is 0 Å². The Morgan fingerprint density at radius 1 is 0.897 bits per heavy atom. The van der Waals surface area contributed by atoms with Crippen LogP contribution in [0.2, 0.25) is 5.02 Å². The monoisotopic (exact) mass is 977 g/mol. The Morgan fingerprint density at radius 3 is 2.18 bits per heavy atom. The molecule has 382 valence electrons. The molecule has 0 saturated carbocycles. The van der Waals surface area contributed by atoms with Crippen molar-refractivity contribution in [2.24, 2.45) is 23.7 Å². The third kappa shape index (κ3) is 10.8. The van der Waals surface area contributed by atoms with Gasteiger partial charge >= 0.3 is 12.1 Å². The number of esters is 1. The zero-order valence-corrected chi connectivity index (χ0v) is 43.1. The number of methoxy groups -OCH3 is 2. The summed E-state index contributed by atoms with van der Waals surface area (Å²) in [5.41, 5.74) is 1.10. The number of likely N-dealkylation sites (N-methyl/N-ethyl adjacent to an activating group) is 1. The van der Waals surface area contributed by atoms with Crippen molar-refractivity contribution >= 4 is 29.4 Å². The largest absolute Gasteiger partial charge is 0.458 e. The first-order chi connectivity index (χ1) is 31.9. The first kappa shape index (κ1) is 54.1. The third-order valence-electron chi connectivity index (χ3n) is 15.4. The number of nitrogens with one attached hydrogen (secondary N) is 1. The summed E-state index contributed by atoms with van der Waals surface area (Å²) < 4.78 is 53.6. The summed E-state index contributed by atoms with van der Waals surface area (Å²) in [6.45, 7) is 18.2.